The highest BCUT2D eigenvalue weighted by molar-refractivity contribution is 6.35. The van der Waals surface area contributed by atoms with Crippen molar-refractivity contribution in [1.29, 1.82) is 0 Å². The highest BCUT2D eigenvalue weighted by atomic mass is 35.5. The third-order valence-electron chi connectivity index (χ3n) is 3.27. The first-order chi connectivity index (χ1) is 8.75. The summed E-state index contributed by atoms with van der Waals surface area (Å²) in [5.41, 5.74) is 1.07. The number of halogens is 2. The van der Waals surface area contributed by atoms with Gasteiger partial charge in [0.2, 0.25) is 0 Å². The summed E-state index contributed by atoms with van der Waals surface area (Å²) in [6.45, 7) is 2.38. The Morgan fingerprint density at radius 2 is 2.00 bits per heavy atom. The van der Waals surface area contributed by atoms with Crippen molar-refractivity contribution >= 4 is 23.2 Å². The van der Waals surface area contributed by atoms with Gasteiger partial charge < -0.3 is 10.1 Å². The van der Waals surface area contributed by atoms with E-state index in [1.54, 1.807) is 6.07 Å². The van der Waals surface area contributed by atoms with Crippen LogP contribution in [0.25, 0.3) is 0 Å². The SMILES string of the molecule is Clc1ccc(CNCCOC2CCCC2)c(Cl)c1. The predicted molar refractivity (Wildman–Crippen MR) is 76.4 cm³/mol. The zero-order chi connectivity index (χ0) is 12.8. The van der Waals surface area contributed by atoms with Gasteiger partial charge in [0, 0.05) is 23.1 Å². The number of rotatable bonds is 6. The normalized spacial score (nSPS) is 16.3. The van der Waals surface area contributed by atoms with Crippen LogP contribution < -0.4 is 5.32 Å². The van der Waals surface area contributed by atoms with Crippen molar-refractivity contribution in [1.82, 2.24) is 5.32 Å². The van der Waals surface area contributed by atoms with Gasteiger partial charge in [-0.1, -0.05) is 42.1 Å². The minimum absolute atomic E-state index is 0.492. The molecule has 0 unspecified atom stereocenters. The Bertz CT molecular complexity index is 378. The van der Waals surface area contributed by atoms with Crippen LogP contribution in [0.3, 0.4) is 0 Å². The molecule has 18 heavy (non-hydrogen) atoms. The molecule has 1 aliphatic carbocycles. The third kappa shape index (κ3) is 4.43. The number of hydrogen-bond acceptors (Lipinski definition) is 2. The van der Waals surface area contributed by atoms with Crippen LogP contribution >= 0.6 is 23.2 Å². The average molecular weight is 288 g/mol. The Morgan fingerprint density at radius 1 is 1.22 bits per heavy atom. The number of nitrogens with one attached hydrogen (secondary N) is 1. The highest BCUT2D eigenvalue weighted by Gasteiger charge is 2.14. The predicted octanol–water partition coefficient (Wildman–Crippen LogP) is 4.04. The first-order valence-electron chi connectivity index (χ1n) is 6.52. The van der Waals surface area contributed by atoms with Crippen molar-refractivity contribution in [3.8, 4) is 0 Å². The fourth-order valence-electron chi connectivity index (χ4n) is 2.24. The molecule has 0 aromatic heterocycles. The molecular weight excluding hydrogens is 269 g/mol. The topological polar surface area (TPSA) is 21.3 Å². The lowest BCUT2D eigenvalue weighted by molar-refractivity contribution is 0.0603. The molecule has 2 rings (SSSR count). The minimum atomic E-state index is 0.492. The van der Waals surface area contributed by atoms with Gasteiger partial charge in [-0.05, 0) is 30.5 Å². The smallest absolute Gasteiger partial charge is 0.0594 e. The molecule has 1 aromatic carbocycles. The summed E-state index contributed by atoms with van der Waals surface area (Å²) in [4.78, 5) is 0. The zero-order valence-electron chi connectivity index (χ0n) is 10.4. The average Bonchev–Trinajstić information content (AvgIpc) is 2.84. The van der Waals surface area contributed by atoms with Gasteiger partial charge in [-0.15, -0.1) is 0 Å². The zero-order valence-corrected chi connectivity index (χ0v) is 11.9. The van der Waals surface area contributed by atoms with Crippen LogP contribution in [0.15, 0.2) is 18.2 Å². The Labute approximate surface area is 119 Å². The van der Waals surface area contributed by atoms with E-state index in [9.17, 15) is 0 Å². The lowest BCUT2D eigenvalue weighted by Gasteiger charge is -2.12. The summed E-state index contributed by atoms with van der Waals surface area (Å²) < 4.78 is 5.77. The molecule has 4 heteroatoms. The molecule has 0 spiro atoms. The third-order valence-corrected chi connectivity index (χ3v) is 3.85. The van der Waals surface area contributed by atoms with E-state index in [1.165, 1.54) is 25.7 Å². The second-order valence-corrected chi connectivity index (χ2v) is 5.53. The monoisotopic (exact) mass is 287 g/mol. The Kier molecular flexibility index (Phi) is 5.77. The maximum absolute atomic E-state index is 6.09. The standard InChI is InChI=1S/C14H19Cl2NO/c15-12-6-5-11(14(16)9-12)10-17-7-8-18-13-3-1-2-4-13/h5-6,9,13,17H,1-4,7-8,10H2. The summed E-state index contributed by atoms with van der Waals surface area (Å²) in [6, 6.07) is 5.59. The Balaban J connectivity index is 1.62. The molecule has 0 bridgehead atoms. The minimum Gasteiger partial charge on any atom is -0.377 e. The van der Waals surface area contributed by atoms with E-state index >= 15 is 0 Å². The van der Waals surface area contributed by atoms with Gasteiger partial charge in [0.1, 0.15) is 0 Å². The molecule has 100 valence electrons. The van der Waals surface area contributed by atoms with Crippen LogP contribution in [0, 0.1) is 0 Å². The van der Waals surface area contributed by atoms with E-state index in [0.29, 0.717) is 16.1 Å². The molecule has 0 amide bonds. The molecule has 0 atom stereocenters. The van der Waals surface area contributed by atoms with Crippen molar-refractivity contribution in [3.05, 3.63) is 33.8 Å². The summed E-state index contributed by atoms with van der Waals surface area (Å²) in [6.07, 6.45) is 5.58. The first-order valence-corrected chi connectivity index (χ1v) is 7.27. The van der Waals surface area contributed by atoms with Crippen LogP contribution in [0.1, 0.15) is 31.2 Å². The molecule has 0 aliphatic heterocycles. The van der Waals surface area contributed by atoms with Crippen LogP contribution in [0.5, 0.6) is 0 Å². The van der Waals surface area contributed by atoms with E-state index in [-0.39, 0.29) is 0 Å². The maximum atomic E-state index is 6.09. The fraction of sp³-hybridized carbons (Fsp3) is 0.571. The van der Waals surface area contributed by atoms with Crippen molar-refractivity contribution in [2.24, 2.45) is 0 Å². The van der Waals surface area contributed by atoms with Gasteiger partial charge in [0.05, 0.1) is 12.7 Å². The maximum Gasteiger partial charge on any atom is 0.0594 e. The number of benzene rings is 1. The molecule has 1 N–H and O–H groups in total. The van der Waals surface area contributed by atoms with Gasteiger partial charge >= 0.3 is 0 Å². The van der Waals surface area contributed by atoms with Crippen LogP contribution in [-0.2, 0) is 11.3 Å². The molecule has 1 aromatic rings. The summed E-state index contributed by atoms with van der Waals surface area (Å²) in [5, 5.41) is 4.72. The van der Waals surface area contributed by atoms with Crippen LogP contribution in [0.4, 0.5) is 0 Å². The van der Waals surface area contributed by atoms with Gasteiger partial charge in [-0.2, -0.15) is 0 Å². The van der Waals surface area contributed by atoms with Crippen molar-refractivity contribution in [2.45, 2.75) is 38.3 Å². The van der Waals surface area contributed by atoms with E-state index in [1.807, 2.05) is 12.1 Å². The molecule has 0 heterocycles. The van der Waals surface area contributed by atoms with Gasteiger partial charge in [0.25, 0.3) is 0 Å². The summed E-state index contributed by atoms with van der Waals surface area (Å²) in [7, 11) is 0. The summed E-state index contributed by atoms with van der Waals surface area (Å²) >= 11 is 11.9. The van der Waals surface area contributed by atoms with Gasteiger partial charge in [-0.25, -0.2) is 0 Å². The second kappa shape index (κ2) is 7.34. The van der Waals surface area contributed by atoms with Crippen molar-refractivity contribution in [3.63, 3.8) is 0 Å². The molecule has 0 saturated heterocycles. The molecule has 2 nitrogen and oxygen atoms in total. The number of ether oxygens (including phenoxy) is 1. The van der Waals surface area contributed by atoms with Gasteiger partial charge in [-0.3, -0.25) is 0 Å². The van der Waals surface area contributed by atoms with Gasteiger partial charge in [0.15, 0.2) is 0 Å². The first kappa shape index (κ1) is 14.1. The molecule has 1 saturated carbocycles. The number of hydrogen-bond donors (Lipinski definition) is 1. The molecule has 1 fully saturated rings. The van der Waals surface area contributed by atoms with E-state index in [4.69, 9.17) is 27.9 Å². The van der Waals surface area contributed by atoms with Crippen molar-refractivity contribution < 1.29 is 4.74 Å². The molecule has 1 aliphatic rings. The Morgan fingerprint density at radius 3 is 2.72 bits per heavy atom. The summed E-state index contributed by atoms with van der Waals surface area (Å²) in [5.74, 6) is 0. The fourth-order valence-corrected chi connectivity index (χ4v) is 2.72. The second-order valence-electron chi connectivity index (χ2n) is 4.69. The quantitative estimate of drug-likeness (QED) is 0.798. The van der Waals surface area contributed by atoms with E-state index in [0.717, 1.165) is 25.3 Å². The lowest BCUT2D eigenvalue weighted by Crippen LogP contribution is -2.22. The Hall–Kier alpha value is -0.280. The molecule has 0 radical (unpaired) electrons. The van der Waals surface area contributed by atoms with Crippen molar-refractivity contribution in [2.75, 3.05) is 13.2 Å². The van der Waals surface area contributed by atoms with E-state index < -0.39 is 0 Å². The van der Waals surface area contributed by atoms with Crippen LogP contribution in [0.2, 0.25) is 10.0 Å². The largest absolute Gasteiger partial charge is 0.377 e. The lowest BCUT2D eigenvalue weighted by atomic mass is 10.2. The highest BCUT2D eigenvalue weighted by Crippen LogP contribution is 2.21. The van der Waals surface area contributed by atoms with E-state index in [2.05, 4.69) is 5.32 Å². The molecular formula is C14H19Cl2NO. The van der Waals surface area contributed by atoms with Crippen LogP contribution in [-0.4, -0.2) is 19.3 Å².